The van der Waals surface area contributed by atoms with Crippen LogP contribution in [-0.2, 0) is 17.6 Å². The third kappa shape index (κ3) is 3.91. The van der Waals surface area contributed by atoms with Crippen LogP contribution in [0.5, 0.6) is 0 Å². The maximum absolute atomic E-state index is 12.1. The molecule has 1 aromatic rings. The zero-order valence-corrected chi connectivity index (χ0v) is 11.3. The van der Waals surface area contributed by atoms with Crippen molar-refractivity contribution >= 4 is 11.9 Å². The van der Waals surface area contributed by atoms with Gasteiger partial charge < -0.3 is 0 Å². The van der Waals surface area contributed by atoms with E-state index in [-0.39, 0.29) is 11.4 Å². The van der Waals surface area contributed by atoms with E-state index >= 15 is 0 Å². The number of fused-ring (bicyclic) bond motifs is 1. The van der Waals surface area contributed by atoms with Crippen molar-refractivity contribution < 1.29 is 18.0 Å². The summed E-state index contributed by atoms with van der Waals surface area (Å²) in [5.41, 5.74) is 1.98. The van der Waals surface area contributed by atoms with E-state index in [1.165, 1.54) is 0 Å². The first-order valence-corrected chi connectivity index (χ1v) is 6.36. The Morgan fingerprint density at radius 2 is 2.15 bits per heavy atom. The molecule has 1 heterocycles. The molecule has 1 amide bonds. The third-order valence-corrected chi connectivity index (χ3v) is 3.27. The fraction of sp³-hybridized carbons (Fsp3) is 0.615. The number of carbonyl (C=O) groups excluding carboxylic acids is 1. The first-order chi connectivity index (χ1) is 9.15. The lowest BCUT2D eigenvalue weighted by Crippen LogP contribution is -2.25. The van der Waals surface area contributed by atoms with Crippen LogP contribution in [0.2, 0.25) is 0 Å². The van der Waals surface area contributed by atoms with E-state index in [0.29, 0.717) is 0 Å². The summed E-state index contributed by atoms with van der Waals surface area (Å²) in [7, 11) is 0. The molecule has 0 aromatic carbocycles. The smallest absolute Gasteiger partial charge is 0.294 e. The highest BCUT2D eigenvalue weighted by molar-refractivity contribution is 5.89. The number of aryl methyl sites for hydroxylation is 1. The lowest BCUT2D eigenvalue weighted by Gasteiger charge is -2.30. The highest BCUT2D eigenvalue weighted by Crippen LogP contribution is 2.33. The maximum atomic E-state index is 12.1. The molecule has 20 heavy (non-hydrogen) atoms. The summed E-state index contributed by atoms with van der Waals surface area (Å²) >= 11 is 0. The second kappa shape index (κ2) is 5.03. The van der Waals surface area contributed by atoms with Gasteiger partial charge in [-0.15, -0.1) is 0 Å². The van der Waals surface area contributed by atoms with Crippen molar-refractivity contribution in [2.24, 2.45) is 5.41 Å². The lowest BCUT2D eigenvalue weighted by atomic mass is 9.76. The molecule has 1 aliphatic carbocycles. The molecule has 1 N–H and O–H groups in total. The van der Waals surface area contributed by atoms with Crippen molar-refractivity contribution in [1.82, 2.24) is 9.97 Å². The quantitative estimate of drug-likeness (QED) is 0.910. The Labute approximate surface area is 114 Å². The molecule has 4 nitrogen and oxygen atoms in total. The van der Waals surface area contributed by atoms with Crippen molar-refractivity contribution in [2.75, 3.05) is 5.32 Å². The summed E-state index contributed by atoms with van der Waals surface area (Å²) in [6, 6.07) is 0. The number of nitrogens with one attached hydrogen (secondary N) is 1. The molecule has 0 spiro atoms. The number of anilines is 1. The second-order valence-electron chi connectivity index (χ2n) is 5.85. The summed E-state index contributed by atoms with van der Waals surface area (Å²) in [6.07, 6.45) is -1.94. The lowest BCUT2D eigenvalue weighted by molar-refractivity contribution is -0.150. The van der Waals surface area contributed by atoms with Gasteiger partial charge in [0.25, 0.3) is 0 Å². The van der Waals surface area contributed by atoms with Gasteiger partial charge in [-0.2, -0.15) is 13.2 Å². The highest BCUT2D eigenvalue weighted by Gasteiger charge is 2.32. The fourth-order valence-electron chi connectivity index (χ4n) is 2.28. The molecule has 0 saturated carbocycles. The molecule has 7 heteroatoms. The van der Waals surface area contributed by atoms with Gasteiger partial charge in [0.1, 0.15) is 6.42 Å². The van der Waals surface area contributed by atoms with E-state index in [1.807, 2.05) is 0 Å². The van der Waals surface area contributed by atoms with Gasteiger partial charge >= 0.3 is 6.18 Å². The van der Waals surface area contributed by atoms with E-state index < -0.39 is 18.5 Å². The SMILES string of the molecule is CC1(C)CCc2nc(NC(=O)CC(F)(F)F)ncc2C1. The van der Waals surface area contributed by atoms with Crippen LogP contribution in [-0.4, -0.2) is 22.1 Å². The van der Waals surface area contributed by atoms with E-state index in [4.69, 9.17) is 0 Å². The Morgan fingerprint density at radius 1 is 1.45 bits per heavy atom. The molecule has 110 valence electrons. The molecule has 0 aliphatic heterocycles. The first kappa shape index (κ1) is 14.7. The van der Waals surface area contributed by atoms with Gasteiger partial charge in [0.2, 0.25) is 11.9 Å². The molecule has 0 bridgehead atoms. The molecule has 0 saturated heterocycles. The second-order valence-corrected chi connectivity index (χ2v) is 5.85. The van der Waals surface area contributed by atoms with Gasteiger partial charge in [0.15, 0.2) is 0 Å². The van der Waals surface area contributed by atoms with Gasteiger partial charge in [-0.05, 0) is 30.2 Å². The number of aromatic nitrogens is 2. The van der Waals surface area contributed by atoms with E-state index in [0.717, 1.165) is 30.5 Å². The number of carbonyl (C=O) groups is 1. The summed E-state index contributed by atoms with van der Waals surface area (Å²) in [5.74, 6) is -1.20. The van der Waals surface area contributed by atoms with Crippen molar-refractivity contribution in [3.05, 3.63) is 17.5 Å². The van der Waals surface area contributed by atoms with Crippen LogP contribution in [0.15, 0.2) is 6.20 Å². The molecule has 1 aliphatic rings. The standard InChI is InChI=1S/C13H16F3N3O/c1-12(2)4-3-9-8(5-12)7-17-11(18-9)19-10(20)6-13(14,15)16/h7H,3-6H2,1-2H3,(H,17,18,19,20). The minimum absolute atomic E-state index is 0.0577. The fourth-order valence-corrected chi connectivity index (χ4v) is 2.28. The molecule has 0 fully saturated rings. The Balaban J connectivity index is 2.07. The number of nitrogens with zero attached hydrogens (tertiary/aromatic N) is 2. The van der Waals surface area contributed by atoms with Crippen LogP contribution in [0, 0.1) is 5.41 Å². The highest BCUT2D eigenvalue weighted by atomic mass is 19.4. The number of halogens is 3. The topological polar surface area (TPSA) is 54.9 Å². The van der Waals surface area contributed by atoms with Crippen LogP contribution in [0.3, 0.4) is 0 Å². The average Bonchev–Trinajstić information content (AvgIpc) is 2.26. The van der Waals surface area contributed by atoms with E-state index in [1.54, 1.807) is 6.20 Å². The van der Waals surface area contributed by atoms with Crippen LogP contribution in [0.25, 0.3) is 0 Å². The molecular formula is C13H16F3N3O. The molecule has 1 aromatic heterocycles. The largest absolute Gasteiger partial charge is 0.397 e. The number of hydrogen-bond donors (Lipinski definition) is 1. The summed E-state index contributed by atoms with van der Waals surface area (Å²) in [6.45, 7) is 4.30. The Hall–Kier alpha value is -1.66. The minimum atomic E-state index is -4.53. The molecule has 0 unspecified atom stereocenters. The minimum Gasteiger partial charge on any atom is -0.294 e. The summed E-state index contributed by atoms with van der Waals surface area (Å²) in [5, 5.41) is 2.09. The van der Waals surface area contributed by atoms with Gasteiger partial charge in [-0.1, -0.05) is 13.8 Å². The van der Waals surface area contributed by atoms with Gasteiger partial charge in [-0.25, -0.2) is 9.97 Å². The third-order valence-electron chi connectivity index (χ3n) is 3.27. The normalized spacial score (nSPS) is 17.4. The summed E-state index contributed by atoms with van der Waals surface area (Å²) < 4.78 is 36.2. The first-order valence-electron chi connectivity index (χ1n) is 6.36. The monoisotopic (exact) mass is 287 g/mol. The summed E-state index contributed by atoms with van der Waals surface area (Å²) in [4.78, 5) is 19.2. The number of alkyl halides is 3. The predicted octanol–water partition coefficient (Wildman–Crippen LogP) is 2.88. The zero-order chi connectivity index (χ0) is 15.0. The molecular weight excluding hydrogens is 271 g/mol. The Kier molecular flexibility index (Phi) is 3.71. The van der Waals surface area contributed by atoms with Gasteiger partial charge in [0, 0.05) is 11.9 Å². The molecule has 2 rings (SSSR count). The van der Waals surface area contributed by atoms with Crippen LogP contribution < -0.4 is 5.32 Å². The van der Waals surface area contributed by atoms with Gasteiger partial charge in [-0.3, -0.25) is 10.1 Å². The Morgan fingerprint density at radius 3 is 2.80 bits per heavy atom. The number of hydrogen-bond acceptors (Lipinski definition) is 3. The number of amides is 1. The molecule has 0 atom stereocenters. The van der Waals surface area contributed by atoms with Crippen molar-refractivity contribution in [1.29, 1.82) is 0 Å². The van der Waals surface area contributed by atoms with Crippen LogP contribution in [0.4, 0.5) is 19.1 Å². The predicted molar refractivity (Wildman–Crippen MR) is 67.1 cm³/mol. The van der Waals surface area contributed by atoms with Gasteiger partial charge in [0.05, 0.1) is 0 Å². The molecule has 0 radical (unpaired) electrons. The van der Waals surface area contributed by atoms with E-state index in [2.05, 4.69) is 29.1 Å². The Bertz CT molecular complexity index is 526. The van der Waals surface area contributed by atoms with Crippen LogP contribution >= 0.6 is 0 Å². The number of rotatable bonds is 2. The maximum Gasteiger partial charge on any atom is 0.397 e. The zero-order valence-electron chi connectivity index (χ0n) is 11.3. The van der Waals surface area contributed by atoms with E-state index in [9.17, 15) is 18.0 Å². The average molecular weight is 287 g/mol. The van der Waals surface area contributed by atoms with Crippen LogP contribution in [0.1, 0.15) is 37.9 Å². The van der Waals surface area contributed by atoms with Crippen molar-refractivity contribution in [3.8, 4) is 0 Å². The van der Waals surface area contributed by atoms with Crippen molar-refractivity contribution in [2.45, 2.75) is 45.7 Å². The van der Waals surface area contributed by atoms with Crippen molar-refractivity contribution in [3.63, 3.8) is 0 Å².